The van der Waals surface area contributed by atoms with Crippen LogP contribution in [0.2, 0.25) is 0 Å². The number of pyridine rings is 1. The second-order valence-corrected chi connectivity index (χ2v) is 5.79. The van der Waals surface area contributed by atoms with Crippen molar-refractivity contribution >= 4 is 0 Å². The summed E-state index contributed by atoms with van der Waals surface area (Å²) >= 11 is 0. The minimum atomic E-state index is -4.38. The van der Waals surface area contributed by atoms with Crippen molar-refractivity contribution in [1.82, 2.24) is 10.4 Å². The molecule has 1 atom stereocenters. The first-order valence-electron chi connectivity index (χ1n) is 7.44. The maximum Gasteiger partial charge on any atom is 0.416 e. The molecule has 0 bridgehead atoms. The van der Waals surface area contributed by atoms with E-state index in [2.05, 4.69) is 17.3 Å². The van der Waals surface area contributed by atoms with Gasteiger partial charge in [-0.15, -0.1) is 0 Å². The van der Waals surface area contributed by atoms with Crippen molar-refractivity contribution < 1.29 is 13.2 Å². The predicted octanol–water partition coefficient (Wildman–Crippen LogP) is 3.82. The predicted molar refractivity (Wildman–Crippen MR) is 75.0 cm³/mol. The van der Waals surface area contributed by atoms with E-state index in [4.69, 9.17) is 5.84 Å². The Bertz CT molecular complexity index is 454. The van der Waals surface area contributed by atoms with Crippen LogP contribution in [0.5, 0.6) is 0 Å². The van der Waals surface area contributed by atoms with Crippen molar-refractivity contribution in [2.45, 2.75) is 51.2 Å². The van der Waals surface area contributed by atoms with Gasteiger partial charge >= 0.3 is 6.18 Å². The Labute approximate surface area is 123 Å². The molecule has 3 nitrogen and oxygen atoms in total. The van der Waals surface area contributed by atoms with Crippen molar-refractivity contribution in [3.05, 3.63) is 29.6 Å². The van der Waals surface area contributed by atoms with Crippen LogP contribution in [0.4, 0.5) is 13.2 Å². The molecule has 0 spiro atoms. The largest absolute Gasteiger partial charge is 0.416 e. The maximum absolute atomic E-state index is 13.1. The molecule has 118 valence electrons. The minimum Gasteiger partial charge on any atom is -0.271 e. The van der Waals surface area contributed by atoms with Gasteiger partial charge in [0.05, 0.1) is 11.6 Å². The van der Waals surface area contributed by atoms with Gasteiger partial charge in [-0.1, -0.05) is 26.2 Å². The first-order valence-corrected chi connectivity index (χ1v) is 7.44. The van der Waals surface area contributed by atoms with E-state index in [1.165, 1.54) is 12.4 Å². The van der Waals surface area contributed by atoms with Crippen LogP contribution in [0.1, 0.15) is 56.2 Å². The number of aromatic nitrogens is 1. The van der Waals surface area contributed by atoms with E-state index in [0.29, 0.717) is 5.92 Å². The summed E-state index contributed by atoms with van der Waals surface area (Å²) in [6.45, 7) is 2.16. The lowest BCUT2D eigenvalue weighted by atomic mass is 9.76. The number of nitrogens with zero attached hydrogens (tertiary/aromatic N) is 1. The Hall–Kier alpha value is -1.14. The monoisotopic (exact) mass is 301 g/mol. The third-order valence-corrected chi connectivity index (χ3v) is 4.61. The lowest BCUT2D eigenvalue weighted by Crippen LogP contribution is -2.36. The maximum atomic E-state index is 13.1. The van der Waals surface area contributed by atoms with Gasteiger partial charge in [-0.05, 0) is 30.7 Å². The van der Waals surface area contributed by atoms with Gasteiger partial charge in [0.25, 0.3) is 0 Å². The lowest BCUT2D eigenvalue weighted by molar-refractivity contribution is -0.138. The van der Waals surface area contributed by atoms with E-state index in [0.717, 1.165) is 38.2 Å². The molecule has 0 aliphatic heterocycles. The van der Waals surface area contributed by atoms with Crippen molar-refractivity contribution in [3.63, 3.8) is 0 Å². The molecule has 1 unspecified atom stereocenters. The standard InChI is InChI=1S/C15H22F3N3/c1-2-10-3-5-11(6-4-10)14(21-19)12-9-20-8-7-13(12)15(16,17)18/h7-11,14,21H,2-6,19H2,1H3. The fourth-order valence-electron chi connectivity index (χ4n) is 3.32. The van der Waals surface area contributed by atoms with Crippen LogP contribution in [0.3, 0.4) is 0 Å². The number of alkyl halides is 3. The van der Waals surface area contributed by atoms with Crippen LogP contribution in [0, 0.1) is 11.8 Å². The molecule has 1 saturated carbocycles. The van der Waals surface area contributed by atoms with Crippen molar-refractivity contribution in [2.75, 3.05) is 0 Å². The Morgan fingerprint density at radius 1 is 1.33 bits per heavy atom. The fraction of sp³-hybridized carbons (Fsp3) is 0.667. The van der Waals surface area contributed by atoms with Crippen molar-refractivity contribution in [3.8, 4) is 0 Å². The van der Waals surface area contributed by atoms with Crippen LogP contribution in [-0.4, -0.2) is 4.98 Å². The molecule has 21 heavy (non-hydrogen) atoms. The fourth-order valence-corrected chi connectivity index (χ4v) is 3.32. The normalized spacial score (nSPS) is 24.8. The van der Waals surface area contributed by atoms with Gasteiger partial charge in [0.2, 0.25) is 0 Å². The first-order chi connectivity index (χ1) is 9.97. The summed E-state index contributed by atoms with van der Waals surface area (Å²) in [7, 11) is 0. The van der Waals surface area contributed by atoms with Crippen LogP contribution in [0.15, 0.2) is 18.5 Å². The Morgan fingerprint density at radius 2 is 2.00 bits per heavy atom. The highest BCUT2D eigenvalue weighted by Gasteiger charge is 2.37. The molecule has 2 rings (SSSR count). The van der Waals surface area contributed by atoms with Crippen LogP contribution in [0.25, 0.3) is 0 Å². The van der Waals surface area contributed by atoms with Gasteiger partial charge in [0, 0.05) is 18.0 Å². The highest BCUT2D eigenvalue weighted by molar-refractivity contribution is 5.29. The smallest absolute Gasteiger partial charge is 0.271 e. The molecule has 0 radical (unpaired) electrons. The summed E-state index contributed by atoms with van der Waals surface area (Å²) in [6, 6.07) is 0.533. The van der Waals surface area contributed by atoms with Crippen LogP contribution < -0.4 is 11.3 Å². The van der Waals surface area contributed by atoms with Gasteiger partial charge in [-0.3, -0.25) is 16.3 Å². The molecule has 3 N–H and O–H groups in total. The number of hydrazine groups is 1. The molecule has 1 fully saturated rings. The summed E-state index contributed by atoms with van der Waals surface area (Å²) in [5, 5.41) is 0. The van der Waals surface area contributed by atoms with Gasteiger partial charge in [0.1, 0.15) is 0 Å². The molecular formula is C15H22F3N3. The number of hydrogen-bond acceptors (Lipinski definition) is 3. The second-order valence-electron chi connectivity index (χ2n) is 5.79. The molecule has 0 amide bonds. The topological polar surface area (TPSA) is 50.9 Å². The number of hydrogen-bond donors (Lipinski definition) is 2. The first kappa shape index (κ1) is 16.2. The van der Waals surface area contributed by atoms with E-state index >= 15 is 0 Å². The number of rotatable bonds is 4. The minimum absolute atomic E-state index is 0.128. The third kappa shape index (κ3) is 3.74. The summed E-state index contributed by atoms with van der Waals surface area (Å²) in [6.07, 6.45) is 3.14. The van der Waals surface area contributed by atoms with E-state index in [1.807, 2.05) is 0 Å². The highest BCUT2D eigenvalue weighted by Crippen LogP contribution is 2.41. The summed E-state index contributed by atoms with van der Waals surface area (Å²) < 4.78 is 39.4. The zero-order valence-electron chi connectivity index (χ0n) is 12.2. The average Bonchev–Trinajstić information content (AvgIpc) is 2.48. The molecule has 0 saturated heterocycles. The second kappa shape index (κ2) is 6.75. The van der Waals surface area contributed by atoms with Crippen LogP contribution >= 0.6 is 0 Å². The summed E-state index contributed by atoms with van der Waals surface area (Å²) in [5.74, 6) is 6.39. The Balaban J connectivity index is 2.23. The van der Waals surface area contributed by atoms with Gasteiger partial charge in [-0.2, -0.15) is 13.2 Å². The SMILES string of the molecule is CCC1CCC(C(NN)c2cnccc2C(F)(F)F)CC1. The quantitative estimate of drug-likeness (QED) is 0.656. The summed E-state index contributed by atoms with van der Waals surface area (Å²) in [5.41, 5.74) is 2.11. The lowest BCUT2D eigenvalue weighted by Gasteiger charge is -2.34. The van der Waals surface area contributed by atoms with E-state index in [9.17, 15) is 13.2 Å². The van der Waals surface area contributed by atoms with Crippen molar-refractivity contribution in [1.29, 1.82) is 0 Å². The Morgan fingerprint density at radius 3 is 2.52 bits per heavy atom. The molecule has 1 aromatic rings. The molecule has 1 aliphatic carbocycles. The molecular weight excluding hydrogens is 279 g/mol. The average molecular weight is 301 g/mol. The highest BCUT2D eigenvalue weighted by atomic mass is 19.4. The van der Waals surface area contributed by atoms with Gasteiger partial charge in [-0.25, -0.2) is 0 Å². The third-order valence-electron chi connectivity index (χ3n) is 4.61. The molecule has 1 heterocycles. The molecule has 6 heteroatoms. The van der Waals surface area contributed by atoms with Crippen molar-refractivity contribution in [2.24, 2.45) is 17.7 Å². The van der Waals surface area contributed by atoms with E-state index in [-0.39, 0.29) is 11.5 Å². The molecule has 0 aromatic carbocycles. The molecule has 1 aromatic heterocycles. The van der Waals surface area contributed by atoms with Gasteiger partial charge < -0.3 is 0 Å². The number of nitrogens with one attached hydrogen (secondary N) is 1. The number of halogens is 3. The zero-order chi connectivity index (χ0) is 15.5. The number of nitrogens with two attached hydrogens (primary N) is 1. The zero-order valence-corrected chi connectivity index (χ0v) is 12.2. The molecule has 1 aliphatic rings. The summed E-state index contributed by atoms with van der Waals surface area (Å²) in [4.78, 5) is 3.86. The van der Waals surface area contributed by atoms with Gasteiger partial charge in [0.15, 0.2) is 0 Å². The van der Waals surface area contributed by atoms with E-state index < -0.39 is 17.8 Å². The van der Waals surface area contributed by atoms with Crippen LogP contribution in [-0.2, 0) is 6.18 Å². The van der Waals surface area contributed by atoms with E-state index in [1.54, 1.807) is 0 Å². The Kier molecular flexibility index (Phi) is 5.22.